The van der Waals surface area contributed by atoms with E-state index in [1.165, 1.54) is 44.9 Å². The van der Waals surface area contributed by atoms with E-state index in [2.05, 4.69) is 25.1 Å². The smallest absolute Gasteiger partial charge is 0.226 e. The Labute approximate surface area is 129 Å². The fourth-order valence-electron chi connectivity index (χ4n) is 4.03. The lowest BCUT2D eigenvalue weighted by atomic mass is 9.68. The van der Waals surface area contributed by atoms with Gasteiger partial charge in [0.25, 0.3) is 0 Å². The third kappa shape index (κ3) is 2.37. The van der Waals surface area contributed by atoms with Crippen molar-refractivity contribution >= 4 is 28.5 Å². The van der Waals surface area contributed by atoms with Crippen molar-refractivity contribution in [2.75, 3.05) is 18.0 Å². The fourth-order valence-corrected chi connectivity index (χ4v) is 4.19. The summed E-state index contributed by atoms with van der Waals surface area (Å²) in [6.45, 7) is 2.13. The summed E-state index contributed by atoms with van der Waals surface area (Å²) >= 11 is 6.05. The lowest BCUT2D eigenvalue weighted by Crippen LogP contribution is -2.41. The Morgan fingerprint density at radius 2 is 1.81 bits per heavy atom. The number of nitrogens with zero attached hydrogens (tertiary/aromatic N) is 4. The molecule has 0 radical (unpaired) electrons. The summed E-state index contributed by atoms with van der Waals surface area (Å²) in [5.74, 6) is 0.935. The number of anilines is 1. The SMILES string of the molecule is Clc1nc(N2CCC3(CCCCC3)CC2)c2cn[nH]c2n1. The van der Waals surface area contributed by atoms with Crippen molar-refractivity contribution in [2.45, 2.75) is 44.9 Å². The van der Waals surface area contributed by atoms with Crippen LogP contribution in [0.2, 0.25) is 5.28 Å². The predicted octanol–water partition coefficient (Wildman–Crippen LogP) is 3.56. The minimum atomic E-state index is 0.291. The number of aromatic nitrogens is 4. The highest BCUT2D eigenvalue weighted by Crippen LogP contribution is 2.45. The monoisotopic (exact) mass is 305 g/mol. The third-order valence-corrected chi connectivity index (χ3v) is 5.47. The van der Waals surface area contributed by atoms with Gasteiger partial charge in [-0.15, -0.1) is 0 Å². The molecule has 1 saturated carbocycles. The van der Waals surface area contributed by atoms with E-state index in [0.717, 1.165) is 29.9 Å². The van der Waals surface area contributed by atoms with Crippen LogP contribution < -0.4 is 4.90 Å². The number of nitrogens with one attached hydrogen (secondary N) is 1. The van der Waals surface area contributed by atoms with Crippen molar-refractivity contribution in [2.24, 2.45) is 5.41 Å². The summed E-state index contributed by atoms with van der Waals surface area (Å²) in [6.07, 6.45) is 11.4. The van der Waals surface area contributed by atoms with Gasteiger partial charge in [-0.05, 0) is 42.7 Å². The van der Waals surface area contributed by atoms with Crippen LogP contribution in [0.1, 0.15) is 44.9 Å². The first-order valence-electron chi connectivity index (χ1n) is 7.87. The van der Waals surface area contributed by atoms with Crippen molar-refractivity contribution in [1.82, 2.24) is 20.2 Å². The summed E-state index contributed by atoms with van der Waals surface area (Å²) in [6, 6.07) is 0. The average molecular weight is 306 g/mol. The Morgan fingerprint density at radius 3 is 2.57 bits per heavy atom. The molecule has 5 nitrogen and oxygen atoms in total. The van der Waals surface area contributed by atoms with Crippen LogP contribution in [-0.4, -0.2) is 33.3 Å². The Balaban J connectivity index is 1.58. The van der Waals surface area contributed by atoms with Crippen LogP contribution >= 0.6 is 11.6 Å². The molecule has 1 aliphatic heterocycles. The number of halogens is 1. The van der Waals surface area contributed by atoms with E-state index in [1.807, 2.05) is 0 Å². The van der Waals surface area contributed by atoms with Gasteiger partial charge in [0, 0.05) is 13.1 Å². The molecule has 2 aliphatic rings. The van der Waals surface area contributed by atoms with E-state index in [4.69, 9.17) is 11.6 Å². The maximum Gasteiger partial charge on any atom is 0.226 e. The van der Waals surface area contributed by atoms with Gasteiger partial charge >= 0.3 is 0 Å². The largest absolute Gasteiger partial charge is 0.356 e. The number of aromatic amines is 1. The minimum absolute atomic E-state index is 0.291. The Hall–Kier alpha value is -1.36. The topological polar surface area (TPSA) is 57.7 Å². The van der Waals surface area contributed by atoms with E-state index in [-0.39, 0.29) is 0 Å². The molecule has 0 atom stereocenters. The zero-order chi connectivity index (χ0) is 14.3. The number of fused-ring (bicyclic) bond motifs is 1. The first-order chi connectivity index (χ1) is 10.3. The Bertz CT molecular complexity index is 637. The van der Waals surface area contributed by atoms with Crippen LogP contribution in [0.3, 0.4) is 0 Å². The molecule has 0 amide bonds. The fraction of sp³-hybridized carbons (Fsp3) is 0.667. The molecule has 6 heteroatoms. The Morgan fingerprint density at radius 1 is 1.05 bits per heavy atom. The highest BCUT2D eigenvalue weighted by Gasteiger charge is 2.36. The molecule has 4 rings (SSSR count). The van der Waals surface area contributed by atoms with E-state index in [0.29, 0.717) is 10.7 Å². The maximum atomic E-state index is 6.05. The van der Waals surface area contributed by atoms with E-state index >= 15 is 0 Å². The first kappa shape index (κ1) is 13.3. The van der Waals surface area contributed by atoms with Crippen LogP contribution in [-0.2, 0) is 0 Å². The molecule has 2 fully saturated rings. The molecule has 21 heavy (non-hydrogen) atoms. The van der Waals surface area contributed by atoms with Gasteiger partial charge in [0.2, 0.25) is 5.28 Å². The predicted molar refractivity (Wildman–Crippen MR) is 83.7 cm³/mol. The molecular formula is C15H20ClN5. The van der Waals surface area contributed by atoms with Gasteiger partial charge in [-0.25, -0.2) is 0 Å². The molecule has 1 saturated heterocycles. The zero-order valence-corrected chi connectivity index (χ0v) is 12.9. The second kappa shape index (κ2) is 5.13. The molecular weight excluding hydrogens is 286 g/mol. The van der Waals surface area contributed by atoms with Crippen molar-refractivity contribution < 1.29 is 0 Å². The summed E-state index contributed by atoms with van der Waals surface area (Å²) in [5, 5.41) is 8.22. The number of hydrogen-bond acceptors (Lipinski definition) is 4. The molecule has 2 aromatic heterocycles. The van der Waals surface area contributed by atoms with Gasteiger partial charge in [-0.1, -0.05) is 19.3 Å². The highest BCUT2D eigenvalue weighted by atomic mass is 35.5. The summed E-state index contributed by atoms with van der Waals surface area (Å²) in [5.41, 5.74) is 1.32. The zero-order valence-electron chi connectivity index (χ0n) is 12.1. The van der Waals surface area contributed by atoms with Gasteiger partial charge in [0.15, 0.2) is 5.65 Å². The van der Waals surface area contributed by atoms with E-state index in [9.17, 15) is 0 Å². The second-order valence-corrected chi connectivity index (χ2v) is 6.83. The summed E-state index contributed by atoms with van der Waals surface area (Å²) in [4.78, 5) is 11.0. The van der Waals surface area contributed by atoms with Crippen LogP contribution in [0.4, 0.5) is 5.82 Å². The number of rotatable bonds is 1. The van der Waals surface area contributed by atoms with Crippen LogP contribution in [0, 0.1) is 5.41 Å². The van der Waals surface area contributed by atoms with Crippen molar-refractivity contribution in [1.29, 1.82) is 0 Å². The van der Waals surface area contributed by atoms with E-state index in [1.54, 1.807) is 6.20 Å². The molecule has 1 N–H and O–H groups in total. The third-order valence-electron chi connectivity index (χ3n) is 5.30. The van der Waals surface area contributed by atoms with E-state index < -0.39 is 0 Å². The standard InChI is InChI=1S/C15H20ClN5/c16-14-18-12-11(10-17-20-12)13(19-14)21-8-6-15(7-9-21)4-2-1-3-5-15/h10H,1-9H2,(H,17,18,19,20). The van der Waals surface area contributed by atoms with Crippen LogP contribution in [0.25, 0.3) is 11.0 Å². The molecule has 0 aromatic carbocycles. The lowest BCUT2D eigenvalue weighted by Gasteiger charge is -2.44. The molecule has 0 bridgehead atoms. The molecule has 112 valence electrons. The quantitative estimate of drug-likeness (QED) is 0.819. The number of hydrogen-bond donors (Lipinski definition) is 1. The van der Waals surface area contributed by atoms with Crippen molar-refractivity contribution in [3.05, 3.63) is 11.5 Å². The highest BCUT2D eigenvalue weighted by molar-refractivity contribution is 6.28. The van der Waals surface area contributed by atoms with Crippen LogP contribution in [0.5, 0.6) is 0 Å². The van der Waals surface area contributed by atoms with Crippen LogP contribution in [0.15, 0.2) is 6.20 Å². The molecule has 1 spiro atoms. The molecule has 3 heterocycles. The number of piperidine rings is 1. The van der Waals surface area contributed by atoms with Gasteiger partial charge < -0.3 is 4.90 Å². The molecule has 1 aliphatic carbocycles. The maximum absolute atomic E-state index is 6.05. The van der Waals surface area contributed by atoms with Gasteiger partial charge in [-0.2, -0.15) is 15.1 Å². The minimum Gasteiger partial charge on any atom is -0.356 e. The van der Waals surface area contributed by atoms with Gasteiger partial charge in [-0.3, -0.25) is 5.10 Å². The first-order valence-corrected chi connectivity index (χ1v) is 8.25. The second-order valence-electron chi connectivity index (χ2n) is 6.50. The molecule has 0 unspecified atom stereocenters. The summed E-state index contributed by atoms with van der Waals surface area (Å²) < 4.78 is 0. The van der Waals surface area contributed by atoms with Gasteiger partial charge in [0.05, 0.1) is 11.6 Å². The van der Waals surface area contributed by atoms with Crippen molar-refractivity contribution in [3.8, 4) is 0 Å². The summed E-state index contributed by atoms with van der Waals surface area (Å²) in [7, 11) is 0. The normalized spacial score (nSPS) is 22.0. The molecule has 2 aromatic rings. The average Bonchev–Trinajstić information content (AvgIpc) is 2.96. The van der Waals surface area contributed by atoms with Crippen molar-refractivity contribution in [3.63, 3.8) is 0 Å². The number of H-pyrrole nitrogens is 1. The van der Waals surface area contributed by atoms with Gasteiger partial charge in [0.1, 0.15) is 5.82 Å². The Kier molecular flexibility index (Phi) is 3.25. The lowest BCUT2D eigenvalue weighted by molar-refractivity contribution is 0.144.